The topological polar surface area (TPSA) is 90.9 Å². The van der Waals surface area contributed by atoms with Gasteiger partial charge in [-0.05, 0) is 36.4 Å². The molecule has 0 atom stereocenters. The van der Waals surface area contributed by atoms with Crippen molar-refractivity contribution in [1.82, 2.24) is 0 Å². The van der Waals surface area contributed by atoms with Crippen LogP contribution in [0.2, 0.25) is 0 Å². The molecule has 0 saturated heterocycles. The van der Waals surface area contributed by atoms with Crippen molar-refractivity contribution in [3.63, 3.8) is 0 Å². The van der Waals surface area contributed by atoms with E-state index < -0.39 is 15.7 Å². The third-order valence-corrected chi connectivity index (χ3v) is 4.60. The van der Waals surface area contributed by atoms with Crippen molar-refractivity contribution in [3.8, 4) is 17.2 Å². The fourth-order valence-electron chi connectivity index (χ4n) is 2.20. The Hall–Kier alpha value is -2.74. The number of amides is 1. The summed E-state index contributed by atoms with van der Waals surface area (Å²) in [6.07, 6.45) is 1.12. The van der Waals surface area contributed by atoms with Crippen LogP contribution in [0.3, 0.4) is 0 Å². The summed E-state index contributed by atoms with van der Waals surface area (Å²) in [6.45, 7) is 0. The zero-order chi connectivity index (χ0) is 18.6. The molecule has 2 aromatic carbocycles. The normalized spacial score (nSPS) is 10.9. The Balaban J connectivity index is 2.29. The number of anilines is 1. The van der Waals surface area contributed by atoms with E-state index in [2.05, 4.69) is 5.32 Å². The first-order valence-electron chi connectivity index (χ1n) is 7.21. The van der Waals surface area contributed by atoms with Gasteiger partial charge in [-0.15, -0.1) is 0 Å². The largest absolute Gasteiger partial charge is 0.493 e. The lowest BCUT2D eigenvalue weighted by Crippen LogP contribution is -2.12. The minimum Gasteiger partial charge on any atom is -0.493 e. The van der Waals surface area contributed by atoms with Crippen molar-refractivity contribution in [1.29, 1.82) is 0 Å². The highest BCUT2D eigenvalue weighted by Gasteiger charge is 2.17. The molecule has 0 saturated carbocycles. The summed E-state index contributed by atoms with van der Waals surface area (Å²) < 4.78 is 38.6. The summed E-state index contributed by atoms with van der Waals surface area (Å²) in [5.41, 5.74) is 0.771. The van der Waals surface area contributed by atoms with Gasteiger partial charge in [0.1, 0.15) is 0 Å². The van der Waals surface area contributed by atoms with Gasteiger partial charge in [-0.1, -0.05) is 0 Å². The molecule has 0 aliphatic carbocycles. The molecule has 0 unspecified atom stereocenters. The van der Waals surface area contributed by atoms with Gasteiger partial charge in [0, 0.05) is 17.5 Å². The molecule has 7 nitrogen and oxygen atoms in total. The molecule has 1 amide bonds. The van der Waals surface area contributed by atoms with Crippen LogP contribution in [0, 0.1) is 0 Å². The zero-order valence-corrected chi connectivity index (χ0v) is 15.1. The van der Waals surface area contributed by atoms with Crippen molar-refractivity contribution in [2.75, 3.05) is 32.9 Å². The minimum atomic E-state index is -3.29. The Labute approximate surface area is 146 Å². The average molecular weight is 365 g/mol. The second kappa shape index (κ2) is 7.43. The quantitative estimate of drug-likeness (QED) is 0.845. The van der Waals surface area contributed by atoms with E-state index in [4.69, 9.17) is 14.2 Å². The number of rotatable bonds is 6. The third-order valence-electron chi connectivity index (χ3n) is 3.47. The van der Waals surface area contributed by atoms with Gasteiger partial charge in [0.15, 0.2) is 21.3 Å². The van der Waals surface area contributed by atoms with Crippen LogP contribution in [0.1, 0.15) is 10.4 Å². The maximum atomic E-state index is 12.5. The first-order valence-corrected chi connectivity index (χ1v) is 9.10. The number of ether oxygens (including phenoxy) is 3. The lowest BCUT2D eigenvalue weighted by atomic mass is 10.1. The van der Waals surface area contributed by atoms with Crippen LogP contribution in [0.5, 0.6) is 17.2 Å². The summed E-state index contributed by atoms with van der Waals surface area (Å²) in [5.74, 6) is 0.712. The second-order valence-electron chi connectivity index (χ2n) is 5.16. The van der Waals surface area contributed by atoms with E-state index in [1.54, 1.807) is 0 Å². The van der Waals surface area contributed by atoms with E-state index in [0.29, 0.717) is 28.5 Å². The van der Waals surface area contributed by atoms with Crippen molar-refractivity contribution in [2.45, 2.75) is 4.90 Å². The van der Waals surface area contributed by atoms with Gasteiger partial charge in [-0.25, -0.2) is 8.42 Å². The molecule has 2 aromatic rings. The van der Waals surface area contributed by atoms with E-state index in [9.17, 15) is 13.2 Å². The number of benzene rings is 2. The SMILES string of the molecule is COc1cc(C(=O)Nc2ccc(S(C)(=O)=O)cc2)cc(OC)c1OC. The summed E-state index contributed by atoms with van der Waals surface area (Å²) in [7, 11) is 1.11. The van der Waals surface area contributed by atoms with Gasteiger partial charge < -0.3 is 19.5 Å². The number of carbonyl (C=O) groups excluding carboxylic acids is 1. The van der Waals surface area contributed by atoms with Crippen LogP contribution in [-0.2, 0) is 9.84 Å². The monoisotopic (exact) mass is 365 g/mol. The first-order chi connectivity index (χ1) is 11.8. The average Bonchev–Trinajstić information content (AvgIpc) is 2.59. The van der Waals surface area contributed by atoms with E-state index in [-0.39, 0.29) is 4.90 Å². The maximum absolute atomic E-state index is 12.5. The first kappa shape index (κ1) is 18.6. The van der Waals surface area contributed by atoms with Gasteiger partial charge >= 0.3 is 0 Å². The van der Waals surface area contributed by atoms with Crippen molar-refractivity contribution in [3.05, 3.63) is 42.0 Å². The summed E-state index contributed by atoms with van der Waals surface area (Å²) in [4.78, 5) is 12.6. The number of nitrogens with one attached hydrogen (secondary N) is 1. The number of sulfone groups is 1. The van der Waals surface area contributed by atoms with Gasteiger partial charge in [0.05, 0.1) is 26.2 Å². The maximum Gasteiger partial charge on any atom is 0.255 e. The summed E-state index contributed by atoms with van der Waals surface area (Å²) in [6, 6.07) is 8.96. The van der Waals surface area contributed by atoms with Gasteiger partial charge in [0.2, 0.25) is 5.75 Å². The smallest absolute Gasteiger partial charge is 0.255 e. The molecule has 0 radical (unpaired) electrons. The molecule has 0 fully saturated rings. The highest BCUT2D eigenvalue weighted by atomic mass is 32.2. The van der Waals surface area contributed by atoms with Crippen LogP contribution in [0.25, 0.3) is 0 Å². The van der Waals surface area contributed by atoms with Gasteiger partial charge in [0.25, 0.3) is 5.91 Å². The molecular formula is C17H19NO6S. The predicted octanol–water partition coefficient (Wildman–Crippen LogP) is 2.37. The Morgan fingerprint density at radius 1 is 0.920 bits per heavy atom. The molecule has 2 rings (SSSR count). The number of hydrogen-bond acceptors (Lipinski definition) is 6. The molecule has 8 heteroatoms. The number of methoxy groups -OCH3 is 3. The lowest BCUT2D eigenvalue weighted by molar-refractivity contribution is 0.102. The number of carbonyl (C=O) groups is 1. The van der Waals surface area contributed by atoms with Crippen LogP contribution < -0.4 is 19.5 Å². The fourth-order valence-corrected chi connectivity index (χ4v) is 2.83. The van der Waals surface area contributed by atoms with Crippen LogP contribution in [-0.4, -0.2) is 41.9 Å². The van der Waals surface area contributed by atoms with Crippen LogP contribution >= 0.6 is 0 Å². The molecule has 0 aliphatic rings. The lowest BCUT2D eigenvalue weighted by Gasteiger charge is -2.14. The molecule has 1 N–H and O–H groups in total. The van der Waals surface area contributed by atoms with E-state index in [0.717, 1.165) is 6.26 Å². The highest BCUT2D eigenvalue weighted by Crippen LogP contribution is 2.38. The fraction of sp³-hybridized carbons (Fsp3) is 0.235. The molecule has 0 aliphatic heterocycles. The van der Waals surface area contributed by atoms with Crippen LogP contribution in [0.4, 0.5) is 5.69 Å². The molecule has 0 spiro atoms. The Morgan fingerprint density at radius 2 is 1.44 bits per heavy atom. The van der Waals surface area contributed by atoms with E-state index in [1.165, 1.54) is 57.7 Å². The standard InChI is InChI=1S/C17H19NO6S/c1-22-14-9-11(10-15(23-2)16(14)24-3)17(19)18-12-5-7-13(8-6-12)25(4,20)21/h5-10H,1-4H3,(H,18,19). The predicted molar refractivity (Wildman–Crippen MR) is 93.6 cm³/mol. The summed E-state index contributed by atoms with van der Waals surface area (Å²) >= 11 is 0. The van der Waals surface area contributed by atoms with E-state index >= 15 is 0 Å². The molecule has 0 bridgehead atoms. The van der Waals surface area contributed by atoms with Crippen molar-refractivity contribution in [2.24, 2.45) is 0 Å². The molecule has 0 heterocycles. The minimum absolute atomic E-state index is 0.179. The third kappa shape index (κ3) is 4.21. The Morgan fingerprint density at radius 3 is 1.84 bits per heavy atom. The van der Waals surface area contributed by atoms with Crippen molar-refractivity contribution >= 4 is 21.4 Å². The molecule has 0 aromatic heterocycles. The highest BCUT2D eigenvalue weighted by molar-refractivity contribution is 7.90. The second-order valence-corrected chi connectivity index (χ2v) is 7.18. The Bertz CT molecular complexity index is 850. The molecule has 25 heavy (non-hydrogen) atoms. The van der Waals surface area contributed by atoms with Gasteiger partial charge in [-0.2, -0.15) is 0 Å². The molecular weight excluding hydrogens is 346 g/mol. The van der Waals surface area contributed by atoms with E-state index in [1.807, 2.05) is 0 Å². The Kier molecular flexibility index (Phi) is 5.53. The van der Waals surface area contributed by atoms with Crippen molar-refractivity contribution < 1.29 is 27.4 Å². The van der Waals surface area contributed by atoms with Gasteiger partial charge in [-0.3, -0.25) is 4.79 Å². The summed E-state index contributed by atoms with van der Waals surface area (Å²) in [5, 5.41) is 2.69. The van der Waals surface area contributed by atoms with Crippen LogP contribution in [0.15, 0.2) is 41.3 Å². The number of hydrogen-bond donors (Lipinski definition) is 1. The molecule has 134 valence electrons. The zero-order valence-electron chi connectivity index (χ0n) is 14.3.